The summed E-state index contributed by atoms with van der Waals surface area (Å²) in [4.78, 5) is 13.2. The van der Waals surface area contributed by atoms with Crippen molar-refractivity contribution < 1.29 is 14.6 Å². The molecule has 1 aliphatic rings. The molecule has 1 heterocycles. The van der Waals surface area contributed by atoms with Gasteiger partial charge in [-0.05, 0) is 54.0 Å². The van der Waals surface area contributed by atoms with Crippen molar-refractivity contribution >= 4 is 37.8 Å². The van der Waals surface area contributed by atoms with Crippen molar-refractivity contribution in [2.75, 3.05) is 20.2 Å². The lowest BCUT2D eigenvalue weighted by atomic mass is 9.97. The van der Waals surface area contributed by atoms with Crippen molar-refractivity contribution in [3.05, 3.63) is 26.6 Å². The summed E-state index contributed by atoms with van der Waals surface area (Å²) in [6.07, 6.45) is 1.43. The molecule has 0 aliphatic carbocycles. The number of piperidine rings is 1. The average Bonchev–Trinajstić information content (AvgIpc) is 2.39. The number of carboxylic acid groups (broad SMARTS) is 1. The van der Waals surface area contributed by atoms with E-state index in [-0.39, 0.29) is 5.92 Å². The zero-order valence-electron chi connectivity index (χ0n) is 11.2. The lowest BCUT2D eigenvalue weighted by molar-refractivity contribution is -0.143. The molecule has 0 amide bonds. The monoisotopic (exact) mass is 405 g/mol. The number of likely N-dealkylation sites (tertiary alicyclic amines) is 1. The van der Waals surface area contributed by atoms with Crippen LogP contribution in [0.5, 0.6) is 5.75 Å². The van der Waals surface area contributed by atoms with Crippen LogP contribution in [0.1, 0.15) is 18.4 Å². The average molecular weight is 407 g/mol. The molecule has 0 spiro atoms. The van der Waals surface area contributed by atoms with Gasteiger partial charge in [-0.3, -0.25) is 9.69 Å². The van der Waals surface area contributed by atoms with Crippen LogP contribution in [0.4, 0.5) is 0 Å². The molecule has 0 radical (unpaired) electrons. The van der Waals surface area contributed by atoms with Crippen molar-refractivity contribution in [2.24, 2.45) is 5.92 Å². The van der Waals surface area contributed by atoms with Crippen LogP contribution in [0.2, 0.25) is 0 Å². The van der Waals surface area contributed by atoms with Gasteiger partial charge in [0.25, 0.3) is 0 Å². The number of ether oxygens (including phenoxy) is 1. The van der Waals surface area contributed by atoms with E-state index in [9.17, 15) is 4.79 Å². The predicted molar refractivity (Wildman–Crippen MR) is 84.0 cm³/mol. The molecule has 4 nitrogen and oxygen atoms in total. The Bertz CT molecular complexity index is 499. The second-order valence-corrected chi connectivity index (χ2v) is 6.74. The van der Waals surface area contributed by atoms with Gasteiger partial charge < -0.3 is 9.84 Å². The first-order valence-electron chi connectivity index (χ1n) is 6.48. The predicted octanol–water partition coefficient (Wildman–Crippen LogP) is 3.52. The van der Waals surface area contributed by atoms with E-state index in [1.807, 2.05) is 12.1 Å². The van der Waals surface area contributed by atoms with E-state index >= 15 is 0 Å². The van der Waals surface area contributed by atoms with Crippen molar-refractivity contribution in [1.82, 2.24) is 4.90 Å². The van der Waals surface area contributed by atoms with Crippen LogP contribution in [-0.2, 0) is 11.3 Å². The molecular formula is C14H17Br2NO3. The van der Waals surface area contributed by atoms with E-state index in [0.29, 0.717) is 12.8 Å². The summed E-state index contributed by atoms with van der Waals surface area (Å²) in [6, 6.07) is 4.01. The Kier molecular flexibility index (Phi) is 5.46. The maximum Gasteiger partial charge on any atom is 0.306 e. The summed E-state index contributed by atoms with van der Waals surface area (Å²) in [5.74, 6) is -0.0246. The Morgan fingerprint density at radius 3 is 2.60 bits per heavy atom. The second kappa shape index (κ2) is 6.91. The highest BCUT2D eigenvalue weighted by Crippen LogP contribution is 2.34. The third-order valence-corrected chi connectivity index (χ3v) is 4.67. The topological polar surface area (TPSA) is 49.8 Å². The number of methoxy groups -OCH3 is 1. The maximum absolute atomic E-state index is 11.0. The fourth-order valence-corrected chi connectivity index (χ4v) is 4.01. The van der Waals surface area contributed by atoms with Crippen LogP contribution < -0.4 is 4.74 Å². The number of aliphatic carboxylic acids is 1. The molecule has 0 unspecified atom stereocenters. The molecule has 110 valence electrons. The molecule has 0 atom stereocenters. The first kappa shape index (κ1) is 15.8. The summed E-state index contributed by atoms with van der Waals surface area (Å²) in [5, 5.41) is 9.02. The lowest BCUT2D eigenvalue weighted by Gasteiger charge is -2.30. The zero-order valence-corrected chi connectivity index (χ0v) is 14.4. The molecule has 0 aromatic heterocycles. The van der Waals surface area contributed by atoms with E-state index in [4.69, 9.17) is 9.84 Å². The van der Waals surface area contributed by atoms with Crippen LogP contribution in [0, 0.1) is 5.92 Å². The molecular weight excluding hydrogens is 390 g/mol. The molecule has 1 fully saturated rings. The van der Waals surface area contributed by atoms with Crippen LogP contribution in [-0.4, -0.2) is 36.2 Å². The van der Waals surface area contributed by atoms with Gasteiger partial charge in [0.2, 0.25) is 0 Å². The third-order valence-electron chi connectivity index (χ3n) is 3.62. The van der Waals surface area contributed by atoms with Crippen molar-refractivity contribution in [2.45, 2.75) is 19.4 Å². The molecule has 1 N–H and O–H groups in total. The number of hydrogen-bond acceptors (Lipinski definition) is 3. The Hall–Kier alpha value is -0.590. The van der Waals surface area contributed by atoms with Gasteiger partial charge in [0, 0.05) is 16.6 Å². The molecule has 1 aliphatic heterocycles. The Balaban J connectivity index is 2.06. The van der Waals surface area contributed by atoms with E-state index in [2.05, 4.69) is 36.8 Å². The minimum absolute atomic E-state index is 0.192. The van der Waals surface area contributed by atoms with E-state index < -0.39 is 5.97 Å². The Morgan fingerprint density at radius 2 is 2.05 bits per heavy atom. The summed E-state index contributed by atoms with van der Waals surface area (Å²) in [6.45, 7) is 2.39. The number of hydrogen-bond donors (Lipinski definition) is 1. The van der Waals surface area contributed by atoms with Gasteiger partial charge in [0.1, 0.15) is 5.75 Å². The molecule has 20 heavy (non-hydrogen) atoms. The number of carbonyl (C=O) groups is 1. The first-order valence-corrected chi connectivity index (χ1v) is 8.07. The normalized spacial score (nSPS) is 17.1. The molecule has 0 bridgehead atoms. The number of nitrogens with zero attached hydrogens (tertiary/aromatic N) is 1. The van der Waals surface area contributed by atoms with E-state index in [1.165, 1.54) is 0 Å². The highest BCUT2D eigenvalue weighted by molar-refractivity contribution is 9.11. The Morgan fingerprint density at radius 1 is 1.40 bits per heavy atom. The fourth-order valence-electron chi connectivity index (χ4n) is 2.54. The molecule has 0 saturated carbocycles. The minimum Gasteiger partial charge on any atom is -0.495 e. The number of carboxylic acids is 1. The summed E-state index contributed by atoms with van der Waals surface area (Å²) >= 11 is 6.99. The summed E-state index contributed by atoms with van der Waals surface area (Å²) in [7, 11) is 1.66. The summed E-state index contributed by atoms with van der Waals surface area (Å²) < 4.78 is 7.37. The third kappa shape index (κ3) is 3.74. The van der Waals surface area contributed by atoms with Crippen LogP contribution in [0.25, 0.3) is 0 Å². The van der Waals surface area contributed by atoms with Crippen LogP contribution >= 0.6 is 31.9 Å². The van der Waals surface area contributed by atoms with Gasteiger partial charge in [0.15, 0.2) is 0 Å². The van der Waals surface area contributed by atoms with E-state index in [0.717, 1.165) is 39.9 Å². The molecule has 2 rings (SSSR count). The highest BCUT2D eigenvalue weighted by Gasteiger charge is 2.25. The quantitative estimate of drug-likeness (QED) is 0.830. The van der Waals surface area contributed by atoms with Gasteiger partial charge in [-0.2, -0.15) is 0 Å². The maximum atomic E-state index is 11.0. The standard InChI is InChI=1S/C14H17Br2NO3/c1-20-13-10(6-11(15)7-12(13)16)8-17-4-2-9(3-5-17)14(18)19/h6-7,9H,2-5,8H2,1H3,(H,18,19). The van der Waals surface area contributed by atoms with Crippen molar-refractivity contribution in [3.8, 4) is 5.75 Å². The van der Waals surface area contributed by atoms with Gasteiger partial charge in [-0.25, -0.2) is 0 Å². The lowest BCUT2D eigenvalue weighted by Crippen LogP contribution is -2.35. The molecule has 1 aromatic carbocycles. The number of rotatable bonds is 4. The number of benzene rings is 1. The van der Waals surface area contributed by atoms with Gasteiger partial charge >= 0.3 is 5.97 Å². The van der Waals surface area contributed by atoms with Crippen molar-refractivity contribution in [3.63, 3.8) is 0 Å². The zero-order chi connectivity index (χ0) is 14.7. The SMILES string of the molecule is COc1c(Br)cc(Br)cc1CN1CCC(C(=O)O)CC1. The molecule has 6 heteroatoms. The molecule has 1 aromatic rings. The fraction of sp³-hybridized carbons (Fsp3) is 0.500. The van der Waals surface area contributed by atoms with Gasteiger partial charge in [0.05, 0.1) is 17.5 Å². The Labute approximate surface area is 135 Å². The number of halogens is 2. The van der Waals surface area contributed by atoms with Crippen LogP contribution in [0.15, 0.2) is 21.1 Å². The van der Waals surface area contributed by atoms with Gasteiger partial charge in [-0.15, -0.1) is 0 Å². The first-order chi connectivity index (χ1) is 9.51. The van der Waals surface area contributed by atoms with Crippen LogP contribution in [0.3, 0.4) is 0 Å². The smallest absolute Gasteiger partial charge is 0.306 e. The second-order valence-electron chi connectivity index (χ2n) is 4.97. The van der Waals surface area contributed by atoms with Crippen molar-refractivity contribution in [1.29, 1.82) is 0 Å². The largest absolute Gasteiger partial charge is 0.495 e. The molecule has 1 saturated heterocycles. The summed E-state index contributed by atoms with van der Waals surface area (Å²) in [5.41, 5.74) is 1.10. The van der Waals surface area contributed by atoms with Gasteiger partial charge in [-0.1, -0.05) is 15.9 Å². The highest BCUT2D eigenvalue weighted by atomic mass is 79.9. The van der Waals surface area contributed by atoms with E-state index in [1.54, 1.807) is 7.11 Å². The minimum atomic E-state index is -0.674.